The molecule has 0 spiro atoms. The number of rotatable bonds is 11. The fourth-order valence-corrected chi connectivity index (χ4v) is 10.1. The van der Waals surface area contributed by atoms with Crippen LogP contribution < -0.4 is 25.4 Å². The van der Waals surface area contributed by atoms with Gasteiger partial charge in [0.2, 0.25) is 11.8 Å². The zero-order chi connectivity index (χ0) is 47.6. The average molecular weight is 936 g/mol. The molecule has 4 aliphatic rings. The summed E-state index contributed by atoms with van der Waals surface area (Å²) in [5, 5.41) is 22.8. The number of thiazole rings is 1. The summed E-state index contributed by atoms with van der Waals surface area (Å²) in [5.74, 6) is -1.76. The summed E-state index contributed by atoms with van der Waals surface area (Å²) < 4.78 is 18.4. The Morgan fingerprint density at radius 2 is 1.85 bits per heavy atom. The van der Waals surface area contributed by atoms with Gasteiger partial charge in [-0.15, -0.1) is 11.3 Å². The maximum atomic E-state index is 15.0. The smallest absolute Gasteiger partial charge is 0.408 e. The van der Waals surface area contributed by atoms with Gasteiger partial charge >= 0.3 is 12.1 Å². The van der Waals surface area contributed by atoms with Crippen LogP contribution in [0.5, 0.6) is 11.5 Å². The average Bonchev–Trinajstić information content (AvgIpc) is 3.55. The molecule has 0 radical (unpaired) electrons. The number of carbonyl (C=O) groups is 5. The van der Waals surface area contributed by atoms with Gasteiger partial charge in [-0.05, 0) is 69.7 Å². The van der Waals surface area contributed by atoms with E-state index in [-0.39, 0.29) is 44.3 Å². The quantitative estimate of drug-likeness (QED) is 0.110. The Hall–Kier alpha value is -6.23. The van der Waals surface area contributed by atoms with Gasteiger partial charge in [0.1, 0.15) is 47.0 Å². The largest absolute Gasteiger partial charge is 0.497 e. The number of carboxylic acid groups (broad SMARTS) is 1. The third-order valence-electron chi connectivity index (χ3n) is 13.2. The van der Waals surface area contributed by atoms with Gasteiger partial charge < -0.3 is 45.1 Å². The second-order valence-corrected chi connectivity index (χ2v) is 20.3. The SMILES string of the molecule is COc1ccc2c(O[C@@H]3C[C@H]4C(=O)N[C@]5(C(=O)O)CC5C=CCCCCC[C@H](NC(=O)O[C@H](CN5CCc6ccccc6C5=O)C(C)(C)C)C(=O)N4C3)cc(-c3csc(NC(C)C)n3)nc2c1. The number of aliphatic carboxylic acids is 1. The van der Waals surface area contributed by atoms with Crippen molar-refractivity contribution in [2.24, 2.45) is 11.3 Å². The molecule has 1 unspecified atom stereocenters. The Balaban J connectivity index is 1.08. The molecule has 1 saturated carbocycles. The van der Waals surface area contributed by atoms with Crippen molar-refractivity contribution in [2.45, 2.75) is 122 Å². The Bertz CT molecular complexity index is 2560. The summed E-state index contributed by atoms with van der Waals surface area (Å²) in [7, 11) is 1.57. The van der Waals surface area contributed by atoms with Gasteiger partial charge in [-0.25, -0.2) is 19.6 Å². The second kappa shape index (κ2) is 19.5. The van der Waals surface area contributed by atoms with Gasteiger partial charge in [0.25, 0.3) is 5.91 Å². The molecule has 67 heavy (non-hydrogen) atoms. The van der Waals surface area contributed by atoms with Crippen LogP contribution in [0.4, 0.5) is 9.93 Å². The fraction of sp³-hybridized carbons (Fsp3) is 0.500. The van der Waals surface area contributed by atoms with E-state index in [1.165, 1.54) is 16.2 Å². The predicted molar refractivity (Wildman–Crippen MR) is 254 cm³/mol. The molecule has 4 N–H and O–H groups in total. The number of nitrogens with one attached hydrogen (secondary N) is 3. The number of methoxy groups -OCH3 is 1. The number of allylic oxidation sites excluding steroid dienone is 1. The summed E-state index contributed by atoms with van der Waals surface area (Å²) in [6, 6.07) is 12.7. The van der Waals surface area contributed by atoms with Crippen molar-refractivity contribution >= 4 is 57.2 Å². The number of ether oxygens (including phenoxy) is 3. The normalized spacial score (nSPS) is 23.8. The number of amides is 4. The number of nitrogens with zero attached hydrogens (tertiary/aromatic N) is 4. The minimum absolute atomic E-state index is 0.0365. The third-order valence-corrected chi connectivity index (χ3v) is 13.9. The number of hydrogen-bond donors (Lipinski definition) is 4. The Morgan fingerprint density at radius 3 is 2.61 bits per heavy atom. The van der Waals surface area contributed by atoms with Gasteiger partial charge in [0.05, 0.1) is 31.4 Å². The highest BCUT2D eigenvalue weighted by Gasteiger charge is 2.61. The molecule has 356 valence electrons. The van der Waals surface area contributed by atoms with Gasteiger partial charge in [-0.3, -0.25) is 14.4 Å². The molecule has 1 aliphatic carbocycles. The highest BCUT2D eigenvalue weighted by atomic mass is 32.1. The van der Waals surface area contributed by atoms with E-state index in [1.54, 1.807) is 30.2 Å². The number of hydrogen-bond acceptors (Lipinski definition) is 12. The third kappa shape index (κ3) is 10.5. The summed E-state index contributed by atoms with van der Waals surface area (Å²) in [6.45, 7) is 10.5. The van der Waals surface area contributed by atoms with Crippen LogP contribution in [0.3, 0.4) is 0 Å². The number of alkyl carbamates (subject to hydrolysis) is 1. The van der Waals surface area contributed by atoms with Gasteiger partial charge in [0.15, 0.2) is 5.13 Å². The van der Waals surface area contributed by atoms with Crippen LogP contribution in [0.1, 0.15) is 95.5 Å². The lowest BCUT2D eigenvalue weighted by molar-refractivity contribution is -0.145. The molecule has 17 heteroatoms. The van der Waals surface area contributed by atoms with Gasteiger partial charge in [0, 0.05) is 58.8 Å². The molecule has 1 saturated heterocycles. The zero-order valence-corrected chi connectivity index (χ0v) is 39.8. The molecule has 2 aromatic carbocycles. The number of carboxylic acids is 1. The molecule has 4 aromatic rings. The number of aromatic nitrogens is 2. The number of anilines is 1. The van der Waals surface area contributed by atoms with Crippen LogP contribution >= 0.6 is 11.3 Å². The highest BCUT2D eigenvalue weighted by molar-refractivity contribution is 7.14. The van der Waals surface area contributed by atoms with Crippen molar-refractivity contribution in [3.63, 3.8) is 0 Å². The fourth-order valence-electron chi connectivity index (χ4n) is 9.21. The number of carbonyl (C=O) groups excluding carboxylic acids is 4. The monoisotopic (exact) mass is 935 g/mol. The molecule has 2 fully saturated rings. The van der Waals surface area contributed by atoms with Crippen molar-refractivity contribution in [1.29, 1.82) is 0 Å². The van der Waals surface area contributed by atoms with Crippen molar-refractivity contribution < 1.29 is 43.3 Å². The Labute approximate surface area is 394 Å². The number of benzene rings is 2. The molecule has 2 aromatic heterocycles. The minimum atomic E-state index is -1.51. The molecular formula is C50H61N7O9S. The van der Waals surface area contributed by atoms with E-state index in [1.807, 2.05) is 82.5 Å². The first-order chi connectivity index (χ1) is 32.0. The van der Waals surface area contributed by atoms with Crippen LogP contribution in [0.15, 0.2) is 66.1 Å². The van der Waals surface area contributed by atoms with Crippen molar-refractivity contribution in [2.75, 3.05) is 32.1 Å². The number of pyridine rings is 1. The highest BCUT2D eigenvalue weighted by Crippen LogP contribution is 2.46. The Morgan fingerprint density at radius 1 is 1.04 bits per heavy atom. The first kappa shape index (κ1) is 47.3. The maximum absolute atomic E-state index is 15.0. The summed E-state index contributed by atoms with van der Waals surface area (Å²) in [4.78, 5) is 82.7. The van der Waals surface area contributed by atoms with Crippen LogP contribution in [0.25, 0.3) is 22.3 Å². The summed E-state index contributed by atoms with van der Waals surface area (Å²) >= 11 is 1.45. The van der Waals surface area contributed by atoms with E-state index in [2.05, 4.69) is 16.0 Å². The topological polar surface area (TPSA) is 202 Å². The van der Waals surface area contributed by atoms with E-state index < -0.39 is 65.0 Å². The lowest BCUT2D eigenvalue weighted by atomic mass is 9.88. The Kier molecular flexibility index (Phi) is 13.8. The van der Waals surface area contributed by atoms with Gasteiger partial charge in [-0.1, -0.05) is 64.0 Å². The van der Waals surface area contributed by atoms with Crippen molar-refractivity contribution in [1.82, 2.24) is 30.4 Å². The van der Waals surface area contributed by atoms with E-state index in [0.717, 1.165) is 23.5 Å². The molecule has 3 aliphatic heterocycles. The van der Waals surface area contributed by atoms with Crippen LogP contribution in [0, 0.1) is 11.3 Å². The standard InChI is InChI=1S/C50H61N7O9S/c1-29(2)51-47-53-39(28-67-47)38-24-41(35-19-18-32(64-6)22-37(35)52-38)65-33-23-40-43(58)55-50(46(61)62)25-31(50)15-10-8-7-9-11-17-36(45(60)57(40)26-33)54-48(63)66-42(49(3,4)5)27-56-21-20-30-14-12-13-16-34(30)44(56)59/h10,12-16,18-19,22,24,28-29,31,33,36,40,42H,7-9,11,17,20-21,23,25-27H2,1-6H3,(H,51,53)(H,54,63)(H,55,58)(H,61,62)/t31?,33-,36+,40+,42-,50-/m1/s1. The van der Waals surface area contributed by atoms with Crippen LogP contribution in [0.2, 0.25) is 0 Å². The molecule has 0 bridgehead atoms. The molecule has 16 nitrogen and oxygen atoms in total. The molecule has 5 heterocycles. The van der Waals surface area contributed by atoms with Crippen molar-refractivity contribution in [3.05, 3.63) is 77.2 Å². The van der Waals surface area contributed by atoms with E-state index >= 15 is 4.79 Å². The zero-order valence-electron chi connectivity index (χ0n) is 39.0. The predicted octanol–water partition coefficient (Wildman–Crippen LogP) is 7.22. The van der Waals surface area contributed by atoms with E-state index in [4.69, 9.17) is 24.2 Å². The maximum Gasteiger partial charge on any atom is 0.408 e. The number of fused-ring (bicyclic) bond motifs is 4. The van der Waals surface area contributed by atoms with Crippen molar-refractivity contribution in [3.8, 4) is 22.9 Å². The summed E-state index contributed by atoms with van der Waals surface area (Å²) in [6.07, 6.45) is 5.57. The first-order valence-corrected chi connectivity index (χ1v) is 24.2. The molecular weight excluding hydrogens is 875 g/mol. The minimum Gasteiger partial charge on any atom is -0.497 e. The van der Waals surface area contributed by atoms with Gasteiger partial charge in [-0.2, -0.15) is 0 Å². The summed E-state index contributed by atoms with van der Waals surface area (Å²) in [5.41, 5.74) is 1.29. The molecule has 6 atom stereocenters. The second-order valence-electron chi connectivity index (χ2n) is 19.5. The van der Waals surface area contributed by atoms with E-state index in [0.29, 0.717) is 65.2 Å². The van der Waals surface area contributed by atoms with Crippen LogP contribution in [-0.2, 0) is 25.5 Å². The first-order valence-electron chi connectivity index (χ1n) is 23.3. The van der Waals surface area contributed by atoms with E-state index in [9.17, 15) is 24.3 Å². The lowest BCUT2D eigenvalue weighted by Gasteiger charge is -2.37. The lowest BCUT2D eigenvalue weighted by Crippen LogP contribution is -2.57. The van der Waals surface area contributed by atoms with Crippen LogP contribution in [-0.4, -0.2) is 117 Å². The molecule has 4 amide bonds. The molecule has 8 rings (SSSR count).